The fraction of sp³-hybridized carbons (Fsp3) is 0. The van der Waals surface area contributed by atoms with Crippen LogP contribution >= 0.6 is 0 Å². The molecule has 0 saturated heterocycles. The molecule has 2 aromatic heterocycles. The third-order valence-corrected chi connectivity index (χ3v) is 10.5. The summed E-state index contributed by atoms with van der Waals surface area (Å²) in [6.45, 7) is 0. The molecule has 246 valence electrons. The first-order valence-corrected chi connectivity index (χ1v) is 17.9. The van der Waals surface area contributed by atoms with Crippen LogP contribution in [0.4, 0.5) is 0 Å². The Morgan fingerprint density at radius 3 is 1.55 bits per heavy atom. The lowest BCUT2D eigenvalue weighted by Crippen LogP contribution is -2.00. The molecule has 0 unspecified atom stereocenters. The van der Waals surface area contributed by atoms with Crippen molar-refractivity contribution in [3.05, 3.63) is 176 Å². The van der Waals surface area contributed by atoms with Gasteiger partial charge in [-0.25, -0.2) is 15.0 Å². The molecule has 0 fully saturated rings. The smallest absolute Gasteiger partial charge is 0.164 e. The summed E-state index contributed by atoms with van der Waals surface area (Å²) in [5.41, 5.74) is 6.78. The Morgan fingerprint density at radius 2 is 0.830 bits per heavy atom. The van der Waals surface area contributed by atoms with Crippen LogP contribution in [-0.2, 0) is 0 Å². The van der Waals surface area contributed by atoms with Gasteiger partial charge in [0, 0.05) is 32.8 Å². The summed E-state index contributed by atoms with van der Waals surface area (Å²) in [7, 11) is 0. The van der Waals surface area contributed by atoms with E-state index >= 15 is 0 Å². The Morgan fingerprint density at radius 1 is 0.302 bits per heavy atom. The Bertz CT molecular complexity index is 3160. The van der Waals surface area contributed by atoms with Crippen molar-refractivity contribution in [3.8, 4) is 45.3 Å². The minimum atomic E-state index is 0.624. The fourth-order valence-electron chi connectivity index (χ4n) is 7.90. The van der Waals surface area contributed by atoms with E-state index in [9.17, 15) is 0 Å². The van der Waals surface area contributed by atoms with E-state index in [0.29, 0.717) is 17.5 Å². The average Bonchev–Trinajstić information content (AvgIpc) is 3.61. The first kappa shape index (κ1) is 29.5. The van der Waals surface area contributed by atoms with Crippen LogP contribution in [0.5, 0.6) is 0 Å². The highest BCUT2D eigenvalue weighted by Crippen LogP contribution is 2.41. The van der Waals surface area contributed by atoms with E-state index in [1.165, 1.54) is 32.3 Å². The first-order chi connectivity index (χ1) is 26.2. The molecule has 0 atom stereocenters. The normalized spacial score (nSPS) is 11.8. The van der Waals surface area contributed by atoms with Crippen LogP contribution in [0.15, 0.2) is 180 Å². The lowest BCUT2D eigenvalue weighted by atomic mass is 9.94. The van der Waals surface area contributed by atoms with Gasteiger partial charge in [-0.2, -0.15) is 0 Å². The summed E-state index contributed by atoms with van der Waals surface area (Å²) in [6, 6.07) is 61.6. The van der Waals surface area contributed by atoms with E-state index in [0.717, 1.165) is 60.5 Å². The summed E-state index contributed by atoms with van der Waals surface area (Å²) >= 11 is 0. The molecule has 0 radical (unpaired) electrons. The Hall–Kier alpha value is -7.17. The second kappa shape index (κ2) is 11.7. The number of nitrogens with zero attached hydrogens (tertiary/aromatic N) is 3. The summed E-state index contributed by atoms with van der Waals surface area (Å²) in [4.78, 5) is 15.1. The number of furan rings is 1. The zero-order chi connectivity index (χ0) is 34.9. The van der Waals surface area contributed by atoms with Gasteiger partial charge in [0.05, 0.1) is 0 Å². The van der Waals surface area contributed by atoms with E-state index in [1.54, 1.807) is 0 Å². The van der Waals surface area contributed by atoms with E-state index in [-0.39, 0.29) is 0 Å². The third-order valence-electron chi connectivity index (χ3n) is 10.5. The quantitative estimate of drug-likeness (QED) is 0.174. The Labute approximate surface area is 304 Å². The number of hydrogen-bond donors (Lipinski definition) is 0. The molecule has 4 heteroatoms. The van der Waals surface area contributed by atoms with Crippen molar-refractivity contribution in [1.82, 2.24) is 15.0 Å². The molecule has 0 aliphatic carbocycles. The second-order valence-electron chi connectivity index (χ2n) is 13.6. The highest BCUT2D eigenvalue weighted by molar-refractivity contribution is 6.20. The van der Waals surface area contributed by atoms with Gasteiger partial charge >= 0.3 is 0 Å². The molecule has 0 aliphatic rings. The zero-order valence-corrected chi connectivity index (χ0v) is 28.5. The standard InChI is InChI=1S/C49H29N3O/c1-3-12-31(13-4-1)47-50-48(32-14-5-2-6-15-32)52-49(51-47)44-29-43-41-26-21-34(28-45(41)53-46(43)42-18-10-9-17-38(42)44)33-20-23-37-35(27-33)22-25-39-36-16-8-7-11-30(36)19-24-40(37)39/h1-29H. The van der Waals surface area contributed by atoms with Gasteiger partial charge in [-0.1, -0.05) is 152 Å². The van der Waals surface area contributed by atoms with Gasteiger partial charge in [0.1, 0.15) is 11.2 Å². The van der Waals surface area contributed by atoms with Gasteiger partial charge in [0.2, 0.25) is 0 Å². The molecule has 9 aromatic carbocycles. The van der Waals surface area contributed by atoms with E-state index < -0.39 is 0 Å². The zero-order valence-electron chi connectivity index (χ0n) is 28.5. The van der Waals surface area contributed by atoms with Crippen molar-refractivity contribution in [1.29, 1.82) is 0 Å². The topological polar surface area (TPSA) is 51.8 Å². The van der Waals surface area contributed by atoms with E-state index in [1.807, 2.05) is 60.7 Å². The van der Waals surface area contributed by atoms with E-state index in [4.69, 9.17) is 19.4 Å². The van der Waals surface area contributed by atoms with Crippen molar-refractivity contribution in [2.24, 2.45) is 0 Å². The lowest BCUT2D eigenvalue weighted by molar-refractivity contribution is 0.673. The van der Waals surface area contributed by atoms with Crippen molar-refractivity contribution >= 4 is 65.0 Å². The van der Waals surface area contributed by atoms with Gasteiger partial charge in [0.15, 0.2) is 17.5 Å². The van der Waals surface area contributed by atoms with Gasteiger partial charge < -0.3 is 4.42 Å². The minimum absolute atomic E-state index is 0.624. The molecule has 0 spiro atoms. The van der Waals surface area contributed by atoms with Crippen molar-refractivity contribution in [2.45, 2.75) is 0 Å². The molecule has 11 rings (SSSR count). The van der Waals surface area contributed by atoms with Crippen LogP contribution in [0.2, 0.25) is 0 Å². The van der Waals surface area contributed by atoms with Crippen LogP contribution in [0.1, 0.15) is 0 Å². The maximum Gasteiger partial charge on any atom is 0.164 e. The SMILES string of the molecule is c1ccc(-c2nc(-c3ccccc3)nc(-c3cc4c5ccc(-c6ccc7c(ccc8c9ccccc9ccc78)c6)cc5oc4c4ccccc34)n2)cc1. The molecular formula is C49H29N3O. The molecule has 0 aliphatic heterocycles. The maximum atomic E-state index is 6.74. The van der Waals surface area contributed by atoms with Gasteiger partial charge in [-0.15, -0.1) is 0 Å². The molecule has 0 amide bonds. The predicted molar refractivity (Wildman–Crippen MR) is 219 cm³/mol. The number of hydrogen-bond acceptors (Lipinski definition) is 4. The highest BCUT2D eigenvalue weighted by Gasteiger charge is 2.19. The van der Waals surface area contributed by atoms with Crippen LogP contribution in [0, 0.1) is 0 Å². The Balaban J connectivity index is 1.07. The molecule has 11 aromatic rings. The molecule has 53 heavy (non-hydrogen) atoms. The molecule has 0 saturated carbocycles. The Kier molecular flexibility index (Phi) is 6.52. The third kappa shape index (κ3) is 4.80. The number of fused-ring (bicyclic) bond motifs is 10. The lowest BCUT2D eigenvalue weighted by Gasteiger charge is -2.11. The molecule has 2 heterocycles. The van der Waals surface area contributed by atoms with Crippen LogP contribution in [-0.4, -0.2) is 15.0 Å². The maximum absolute atomic E-state index is 6.74. The van der Waals surface area contributed by atoms with Crippen LogP contribution < -0.4 is 0 Å². The molecule has 0 N–H and O–H groups in total. The predicted octanol–water partition coefficient (Wildman–Crippen LogP) is 13.1. The number of aromatic nitrogens is 3. The largest absolute Gasteiger partial charge is 0.455 e. The summed E-state index contributed by atoms with van der Waals surface area (Å²) in [5.74, 6) is 1.90. The molecule has 4 nitrogen and oxygen atoms in total. The second-order valence-corrected chi connectivity index (χ2v) is 13.6. The van der Waals surface area contributed by atoms with Gasteiger partial charge in [-0.05, 0) is 73.1 Å². The van der Waals surface area contributed by atoms with Crippen molar-refractivity contribution in [2.75, 3.05) is 0 Å². The van der Waals surface area contributed by atoms with E-state index in [2.05, 4.69) is 115 Å². The minimum Gasteiger partial charge on any atom is -0.455 e. The summed E-state index contributed by atoms with van der Waals surface area (Å²) in [6.07, 6.45) is 0. The first-order valence-electron chi connectivity index (χ1n) is 17.9. The van der Waals surface area contributed by atoms with Crippen LogP contribution in [0.3, 0.4) is 0 Å². The van der Waals surface area contributed by atoms with Gasteiger partial charge in [0.25, 0.3) is 0 Å². The molecular weight excluding hydrogens is 647 g/mol. The van der Waals surface area contributed by atoms with Gasteiger partial charge in [-0.3, -0.25) is 0 Å². The highest BCUT2D eigenvalue weighted by atomic mass is 16.3. The summed E-state index contributed by atoms with van der Waals surface area (Å²) < 4.78 is 6.74. The monoisotopic (exact) mass is 675 g/mol. The number of rotatable bonds is 4. The summed E-state index contributed by atoms with van der Waals surface area (Å²) in [5, 5.41) is 11.7. The average molecular weight is 676 g/mol. The van der Waals surface area contributed by atoms with Crippen molar-refractivity contribution in [3.63, 3.8) is 0 Å². The number of benzene rings is 9. The fourth-order valence-corrected chi connectivity index (χ4v) is 7.90. The molecule has 0 bridgehead atoms. The van der Waals surface area contributed by atoms with Crippen LogP contribution in [0.25, 0.3) is 110 Å². The van der Waals surface area contributed by atoms with Crippen molar-refractivity contribution < 1.29 is 4.42 Å².